The first kappa shape index (κ1) is 10.3. The number of fused-ring (bicyclic) bond motifs is 1. The average Bonchev–Trinajstić information content (AvgIpc) is 2.26. The fourth-order valence-corrected chi connectivity index (χ4v) is 2.81. The summed E-state index contributed by atoms with van der Waals surface area (Å²) in [5.74, 6) is 0. The predicted octanol–water partition coefficient (Wildman–Crippen LogP) is 2.77. The van der Waals surface area contributed by atoms with Gasteiger partial charge in [0, 0.05) is 10.8 Å². The van der Waals surface area contributed by atoms with Gasteiger partial charge in [-0.1, -0.05) is 47.6 Å². The molecule has 1 aliphatic heterocycles. The first-order valence-electron chi connectivity index (χ1n) is 5.00. The van der Waals surface area contributed by atoms with Gasteiger partial charge < -0.3 is 4.74 Å². The largest absolute Gasteiger partial charge is 0.379 e. The van der Waals surface area contributed by atoms with Crippen LogP contribution in [0, 0.1) is 0 Å². The van der Waals surface area contributed by atoms with Crippen LogP contribution < -0.4 is 0 Å². The molecule has 2 heterocycles. The maximum absolute atomic E-state index is 6.01. The second-order valence-electron chi connectivity index (χ2n) is 3.62. The zero-order valence-electron chi connectivity index (χ0n) is 8.39. The van der Waals surface area contributed by atoms with Crippen molar-refractivity contribution in [2.75, 3.05) is 13.2 Å². The third-order valence-corrected chi connectivity index (χ3v) is 3.90. The molecule has 82 valence electrons. The molecule has 1 aromatic heterocycles. The molecule has 3 nitrogen and oxygen atoms in total. The molecular weight excluding hydrogens is 244 g/mol. The van der Waals surface area contributed by atoms with Crippen molar-refractivity contribution in [3.8, 4) is 0 Å². The van der Waals surface area contributed by atoms with Crippen LogP contribution in [-0.2, 0) is 4.74 Å². The maximum atomic E-state index is 6.01. The van der Waals surface area contributed by atoms with Crippen LogP contribution in [-0.4, -0.2) is 28.7 Å². The number of halogens is 1. The van der Waals surface area contributed by atoms with Crippen LogP contribution in [0.5, 0.6) is 0 Å². The lowest BCUT2D eigenvalue weighted by Crippen LogP contribution is -2.30. The Morgan fingerprint density at radius 3 is 2.62 bits per heavy atom. The van der Waals surface area contributed by atoms with Crippen LogP contribution in [0.15, 0.2) is 29.3 Å². The van der Waals surface area contributed by atoms with Crippen molar-refractivity contribution >= 4 is 34.1 Å². The molecule has 0 amide bonds. The standard InChI is InChI=1S/C11H9ClN2OS/c12-10-8-3-1-2-4-9(8)11(14-13-10)16-7-5-15-6-7/h1-4,7H,5-6H2. The molecule has 0 N–H and O–H groups in total. The van der Waals surface area contributed by atoms with Crippen LogP contribution in [0.2, 0.25) is 5.15 Å². The number of benzene rings is 1. The fraction of sp³-hybridized carbons (Fsp3) is 0.273. The van der Waals surface area contributed by atoms with E-state index in [0.717, 1.165) is 29.0 Å². The van der Waals surface area contributed by atoms with Crippen LogP contribution in [0.4, 0.5) is 0 Å². The van der Waals surface area contributed by atoms with Crippen molar-refractivity contribution in [2.24, 2.45) is 0 Å². The van der Waals surface area contributed by atoms with E-state index in [1.807, 2.05) is 24.3 Å². The summed E-state index contributed by atoms with van der Waals surface area (Å²) in [5.41, 5.74) is 0. The fourth-order valence-electron chi connectivity index (χ4n) is 1.57. The van der Waals surface area contributed by atoms with Gasteiger partial charge in [-0.05, 0) is 0 Å². The van der Waals surface area contributed by atoms with Crippen molar-refractivity contribution in [2.45, 2.75) is 10.3 Å². The molecule has 1 aliphatic rings. The van der Waals surface area contributed by atoms with Crippen molar-refractivity contribution in [1.82, 2.24) is 10.2 Å². The molecule has 16 heavy (non-hydrogen) atoms. The Balaban J connectivity index is 2.06. The molecule has 0 radical (unpaired) electrons. The summed E-state index contributed by atoms with van der Waals surface area (Å²) in [5, 5.41) is 12.1. The van der Waals surface area contributed by atoms with Gasteiger partial charge in [0.1, 0.15) is 5.03 Å². The molecule has 2 aromatic rings. The summed E-state index contributed by atoms with van der Waals surface area (Å²) in [6, 6.07) is 7.93. The van der Waals surface area contributed by atoms with E-state index in [2.05, 4.69) is 10.2 Å². The van der Waals surface area contributed by atoms with Crippen LogP contribution >= 0.6 is 23.4 Å². The molecule has 0 aliphatic carbocycles. The topological polar surface area (TPSA) is 35.0 Å². The van der Waals surface area contributed by atoms with Crippen molar-refractivity contribution in [3.05, 3.63) is 29.4 Å². The van der Waals surface area contributed by atoms with Crippen molar-refractivity contribution < 1.29 is 4.74 Å². The van der Waals surface area contributed by atoms with Gasteiger partial charge in [-0.25, -0.2) is 0 Å². The highest BCUT2D eigenvalue weighted by Gasteiger charge is 2.21. The highest BCUT2D eigenvalue weighted by atomic mass is 35.5. The van der Waals surface area contributed by atoms with E-state index in [1.165, 1.54) is 0 Å². The third kappa shape index (κ3) is 1.77. The van der Waals surface area contributed by atoms with E-state index in [4.69, 9.17) is 16.3 Å². The van der Waals surface area contributed by atoms with Gasteiger partial charge >= 0.3 is 0 Å². The summed E-state index contributed by atoms with van der Waals surface area (Å²) in [6.45, 7) is 1.59. The minimum atomic E-state index is 0.463. The average molecular weight is 253 g/mol. The van der Waals surface area contributed by atoms with Crippen molar-refractivity contribution in [3.63, 3.8) is 0 Å². The zero-order valence-corrected chi connectivity index (χ0v) is 9.96. The summed E-state index contributed by atoms with van der Waals surface area (Å²) in [7, 11) is 0. The van der Waals surface area contributed by atoms with E-state index in [9.17, 15) is 0 Å². The third-order valence-electron chi connectivity index (χ3n) is 2.49. The summed E-state index contributed by atoms with van der Waals surface area (Å²) in [4.78, 5) is 0. The summed E-state index contributed by atoms with van der Waals surface area (Å²) < 4.78 is 5.15. The summed E-state index contributed by atoms with van der Waals surface area (Å²) >= 11 is 7.72. The Labute approximate surface area is 102 Å². The number of hydrogen-bond acceptors (Lipinski definition) is 4. The number of nitrogens with zero attached hydrogens (tertiary/aromatic N) is 2. The molecular formula is C11H9ClN2OS. The lowest BCUT2D eigenvalue weighted by molar-refractivity contribution is 0.0455. The smallest absolute Gasteiger partial charge is 0.159 e. The SMILES string of the molecule is Clc1nnc(SC2COC2)c2ccccc12. The zero-order chi connectivity index (χ0) is 11.0. The molecule has 1 fully saturated rings. The van der Waals surface area contributed by atoms with E-state index in [-0.39, 0.29) is 0 Å². The van der Waals surface area contributed by atoms with Gasteiger partial charge in [-0.15, -0.1) is 10.2 Å². The Bertz CT molecular complexity index is 530. The molecule has 5 heteroatoms. The Morgan fingerprint density at radius 2 is 1.94 bits per heavy atom. The van der Waals surface area contributed by atoms with Crippen LogP contribution in [0.25, 0.3) is 10.8 Å². The number of ether oxygens (including phenoxy) is 1. The predicted molar refractivity (Wildman–Crippen MR) is 65.0 cm³/mol. The maximum Gasteiger partial charge on any atom is 0.159 e. The Kier molecular flexibility index (Phi) is 2.71. The molecule has 1 aromatic carbocycles. The normalized spacial score (nSPS) is 16.3. The van der Waals surface area contributed by atoms with Gasteiger partial charge in [0.05, 0.1) is 18.5 Å². The highest BCUT2D eigenvalue weighted by Crippen LogP contribution is 2.33. The first-order valence-corrected chi connectivity index (χ1v) is 6.25. The molecule has 0 unspecified atom stereocenters. The second-order valence-corrected chi connectivity index (χ2v) is 5.27. The molecule has 0 bridgehead atoms. The molecule has 3 rings (SSSR count). The van der Waals surface area contributed by atoms with Crippen LogP contribution in [0.1, 0.15) is 0 Å². The van der Waals surface area contributed by atoms with Gasteiger partial charge in [0.25, 0.3) is 0 Å². The minimum absolute atomic E-state index is 0.463. The molecule has 0 atom stereocenters. The van der Waals surface area contributed by atoms with Gasteiger partial charge in [0.2, 0.25) is 0 Å². The lowest BCUT2D eigenvalue weighted by atomic mass is 10.2. The number of rotatable bonds is 2. The van der Waals surface area contributed by atoms with Gasteiger partial charge in [0.15, 0.2) is 5.15 Å². The first-order chi connectivity index (χ1) is 7.84. The van der Waals surface area contributed by atoms with E-state index < -0.39 is 0 Å². The van der Waals surface area contributed by atoms with Gasteiger partial charge in [-0.2, -0.15) is 0 Å². The Morgan fingerprint density at radius 1 is 1.19 bits per heavy atom. The van der Waals surface area contributed by atoms with E-state index in [0.29, 0.717) is 10.4 Å². The number of aromatic nitrogens is 2. The monoisotopic (exact) mass is 252 g/mol. The minimum Gasteiger partial charge on any atom is -0.379 e. The Hall–Kier alpha value is -0.840. The number of hydrogen-bond donors (Lipinski definition) is 0. The highest BCUT2D eigenvalue weighted by molar-refractivity contribution is 8.00. The summed E-state index contributed by atoms with van der Waals surface area (Å²) in [6.07, 6.45) is 0. The number of thioether (sulfide) groups is 1. The lowest BCUT2D eigenvalue weighted by Gasteiger charge is -2.24. The van der Waals surface area contributed by atoms with Crippen molar-refractivity contribution in [1.29, 1.82) is 0 Å². The quantitative estimate of drug-likeness (QED) is 0.823. The molecule has 1 saturated heterocycles. The molecule has 0 spiro atoms. The van der Waals surface area contributed by atoms with Gasteiger partial charge in [-0.3, -0.25) is 0 Å². The van der Waals surface area contributed by atoms with E-state index in [1.54, 1.807) is 11.8 Å². The molecule has 0 saturated carbocycles. The second kappa shape index (κ2) is 4.20. The van der Waals surface area contributed by atoms with Crippen LogP contribution in [0.3, 0.4) is 0 Å². The van der Waals surface area contributed by atoms with E-state index >= 15 is 0 Å².